The largest absolute Gasteiger partial charge is 0.352 e. The van der Waals surface area contributed by atoms with Crippen LogP contribution in [0.25, 0.3) is 0 Å². The van der Waals surface area contributed by atoms with Gasteiger partial charge in [0.15, 0.2) is 0 Å². The molecule has 0 spiro atoms. The van der Waals surface area contributed by atoms with E-state index in [1.165, 1.54) is 0 Å². The average molecular weight is 98.1 g/mol. The summed E-state index contributed by atoms with van der Waals surface area (Å²) in [5.41, 5.74) is 8.50. The molecule has 0 heterocycles. The molecular weight excluding hydrogens is 94.0 g/mol. The van der Waals surface area contributed by atoms with Crippen LogP contribution in [-0.2, 0) is 0 Å². The van der Waals surface area contributed by atoms with Gasteiger partial charge in [-0.3, -0.25) is 0 Å². The number of nitrogens with two attached hydrogens (primary N) is 2. The fraction of sp³-hybridized carbons (Fsp3) is 0. The molecule has 5 heteroatoms. The molecule has 0 atom stereocenters. The lowest BCUT2D eigenvalue weighted by Gasteiger charge is -1.62. The molecule has 0 aromatic carbocycles. The number of primary amides is 2. The summed E-state index contributed by atoms with van der Waals surface area (Å²) >= 11 is 0. The third kappa shape index (κ3) is 18.8. The van der Waals surface area contributed by atoms with Crippen molar-refractivity contribution in [3.8, 4) is 0 Å². The SMILES string of the molecule is FF.NC(N)=O. The van der Waals surface area contributed by atoms with E-state index in [-0.39, 0.29) is 0 Å². The van der Waals surface area contributed by atoms with Crippen LogP contribution in [0.2, 0.25) is 0 Å². The quantitative estimate of drug-likeness (QED) is 0.435. The maximum atomic E-state index is 9.00. The zero-order valence-corrected chi connectivity index (χ0v) is 2.82. The van der Waals surface area contributed by atoms with Crippen molar-refractivity contribution in [1.82, 2.24) is 0 Å². The van der Waals surface area contributed by atoms with Crippen LogP contribution >= 0.6 is 0 Å². The van der Waals surface area contributed by atoms with Crippen molar-refractivity contribution in [3.05, 3.63) is 0 Å². The summed E-state index contributed by atoms with van der Waals surface area (Å²) in [6, 6.07) is -0.833. The minimum absolute atomic E-state index is 0.833. The van der Waals surface area contributed by atoms with E-state index in [0.717, 1.165) is 0 Å². The number of carbonyl (C=O) groups excluding carboxylic acids is 1. The first kappa shape index (κ1) is 8.93. The Bertz CT molecular complexity index is 34.5. The Morgan fingerprint density at radius 2 is 1.33 bits per heavy atom. The molecule has 0 radical (unpaired) electrons. The monoisotopic (exact) mass is 98.0 g/mol. The van der Waals surface area contributed by atoms with Gasteiger partial charge in [-0.2, -0.15) is 0 Å². The number of rotatable bonds is 0. The molecule has 0 bridgehead atoms. The Hall–Kier alpha value is -0.870. The first-order valence-corrected chi connectivity index (χ1v) is 0.924. The molecule has 0 fully saturated rings. The van der Waals surface area contributed by atoms with Crippen LogP contribution in [0.15, 0.2) is 0 Å². The molecule has 0 aliphatic rings. The summed E-state index contributed by atoms with van der Waals surface area (Å²) in [6.07, 6.45) is 0. The van der Waals surface area contributed by atoms with Crippen LogP contribution < -0.4 is 11.5 Å². The summed E-state index contributed by atoms with van der Waals surface area (Å²) in [6.45, 7) is 0. The van der Waals surface area contributed by atoms with E-state index in [9.17, 15) is 0 Å². The van der Waals surface area contributed by atoms with Gasteiger partial charge in [0.1, 0.15) is 0 Å². The zero-order valence-electron chi connectivity index (χ0n) is 2.82. The van der Waals surface area contributed by atoms with Gasteiger partial charge in [-0.05, 0) is 0 Å². The van der Waals surface area contributed by atoms with Crippen molar-refractivity contribution in [3.63, 3.8) is 0 Å². The number of carbonyl (C=O) groups is 1. The van der Waals surface area contributed by atoms with Crippen molar-refractivity contribution in [1.29, 1.82) is 0 Å². The lowest BCUT2D eigenvalue weighted by molar-refractivity contribution is 0.108. The molecule has 0 aliphatic heterocycles. The molecular formula is CH4F2N2O. The van der Waals surface area contributed by atoms with Crippen LogP contribution in [0, 0.1) is 0 Å². The third-order valence-electron chi connectivity index (χ3n) is 0. The highest BCUT2D eigenvalue weighted by Crippen LogP contribution is 1.42. The van der Waals surface area contributed by atoms with Crippen LogP contribution in [-0.4, -0.2) is 6.03 Å². The van der Waals surface area contributed by atoms with Crippen molar-refractivity contribution in [2.75, 3.05) is 0 Å². The Morgan fingerprint density at radius 1 is 1.33 bits per heavy atom. The van der Waals surface area contributed by atoms with Crippen LogP contribution in [0.3, 0.4) is 0 Å². The van der Waals surface area contributed by atoms with Gasteiger partial charge in [-0.1, -0.05) is 0 Å². The Kier molecular flexibility index (Phi) is 13.3. The first-order valence-electron chi connectivity index (χ1n) is 0.924. The van der Waals surface area contributed by atoms with Gasteiger partial charge >= 0.3 is 6.03 Å². The maximum absolute atomic E-state index is 9.00. The van der Waals surface area contributed by atoms with Gasteiger partial charge in [0.25, 0.3) is 0 Å². The molecule has 0 aromatic heterocycles. The summed E-state index contributed by atoms with van der Waals surface area (Å²) in [5, 5.41) is 0. The van der Waals surface area contributed by atoms with E-state index < -0.39 is 6.03 Å². The van der Waals surface area contributed by atoms with E-state index in [1.807, 2.05) is 0 Å². The predicted octanol–water partition coefficient (Wildman–Crippen LogP) is -0.136. The molecule has 3 nitrogen and oxygen atoms in total. The van der Waals surface area contributed by atoms with E-state index in [0.29, 0.717) is 0 Å². The summed E-state index contributed by atoms with van der Waals surface area (Å²) < 4.78 is 16.0. The van der Waals surface area contributed by atoms with Crippen LogP contribution in [0.4, 0.5) is 13.9 Å². The highest BCUT2D eigenvalue weighted by Gasteiger charge is 1.60. The summed E-state index contributed by atoms with van der Waals surface area (Å²) in [7, 11) is 0. The second kappa shape index (κ2) is 8.92. The van der Waals surface area contributed by atoms with E-state index in [4.69, 9.17) is 13.9 Å². The van der Waals surface area contributed by atoms with Gasteiger partial charge in [0, 0.05) is 9.15 Å². The zero-order chi connectivity index (χ0) is 5.58. The minimum atomic E-state index is -0.833. The molecule has 0 aliphatic carbocycles. The predicted molar refractivity (Wildman–Crippen MR) is 16.0 cm³/mol. The number of hydrogen-bond donors (Lipinski definition) is 2. The van der Waals surface area contributed by atoms with Gasteiger partial charge in [-0.25, -0.2) is 4.79 Å². The van der Waals surface area contributed by atoms with Crippen LogP contribution in [0.5, 0.6) is 0 Å². The fourth-order valence-electron chi connectivity index (χ4n) is 0. The molecule has 0 unspecified atom stereocenters. The number of urea groups is 1. The standard InChI is InChI=1S/CH4N2O.F2/c2-1(3)4;1-2/h(H4,2,3,4);. The molecule has 0 rings (SSSR count). The average Bonchev–Trinajstić information content (AvgIpc) is 1.41. The van der Waals surface area contributed by atoms with E-state index in [1.54, 1.807) is 0 Å². The highest BCUT2D eigenvalue weighted by atomic mass is 20.0. The summed E-state index contributed by atoms with van der Waals surface area (Å²) in [4.78, 5) is 9.00. The van der Waals surface area contributed by atoms with Crippen molar-refractivity contribution in [2.24, 2.45) is 11.5 Å². The van der Waals surface area contributed by atoms with Gasteiger partial charge in [-0.15, -0.1) is 0 Å². The molecule has 4 N–H and O–H groups in total. The number of amides is 2. The molecule has 0 saturated heterocycles. The van der Waals surface area contributed by atoms with Gasteiger partial charge in [0.05, 0.1) is 0 Å². The molecule has 38 valence electrons. The van der Waals surface area contributed by atoms with Gasteiger partial charge < -0.3 is 11.5 Å². The Morgan fingerprint density at radius 3 is 1.33 bits per heavy atom. The third-order valence-corrected chi connectivity index (χ3v) is 0. The summed E-state index contributed by atoms with van der Waals surface area (Å²) in [5.74, 6) is 0. The number of hydrogen-bond acceptors (Lipinski definition) is 1. The van der Waals surface area contributed by atoms with Crippen LogP contribution in [0.1, 0.15) is 0 Å². The van der Waals surface area contributed by atoms with Gasteiger partial charge in [0.2, 0.25) is 0 Å². The molecule has 2 amide bonds. The fourth-order valence-corrected chi connectivity index (χ4v) is 0. The number of halogens is 2. The highest BCUT2D eigenvalue weighted by molar-refractivity contribution is 5.69. The Labute approximate surface area is 32.8 Å². The van der Waals surface area contributed by atoms with E-state index >= 15 is 0 Å². The smallest absolute Gasteiger partial charge is 0.309 e. The topological polar surface area (TPSA) is 69.1 Å². The van der Waals surface area contributed by atoms with Crippen molar-refractivity contribution >= 4 is 6.03 Å². The Balaban J connectivity index is 0. The van der Waals surface area contributed by atoms with Crippen molar-refractivity contribution < 1.29 is 13.9 Å². The normalized spacial score (nSPS) is 5.00. The lowest BCUT2D eigenvalue weighted by atomic mass is 11.2. The second-order valence-electron chi connectivity index (χ2n) is 0.402. The first-order chi connectivity index (χ1) is 2.73. The minimum Gasteiger partial charge on any atom is -0.352 e. The van der Waals surface area contributed by atoms with Crippen molar-refractivity contribution in [2.45, 2.75) is 0 Å². The molecule has 0 saturated carbocycles. The maximum Gasteiger partial charge on any atom is 0.309 e. The lowest BCUT2D eigenvalue weighted by Crippen LogP contribution is -2.18. The second-order valence-corrected chi connectivity index (χ2v) is 0.402. The molecule has 6 heavy (non-hydrogen) atoms. The van der Waals surface area contributed by atoms with E-state index in [2.05, 4.69) is 11.5 Å². The molecule has 0 aromatic rings.